The maximum Gasteiger partial charge on any atom is 0.280 e. The van der Waals surface area contributed by atoms with Gasteiger partial charge < -0.3 is 9.19 Å². The molecule has 0 bridgehead atoms. The molecule has 21 heavy (non-hydrogen) atoms. The Morgan fingerprint density at radius 3 is 2.76 bits per heavy atom. The summed E-state index contributed by atoms with van der Waals surface area (Å²) in [6, 6.07) is 17.0. The maximum atomic E-state index is 6.26. The highest BCUT2D eigenvalue weighted by molar-refractivity contribution is 7.52. The van der Waals surface area contributed by atoms with Crippen molar-refractivity contribution >= 4 is 14.1 Å². The normalized spacial score (nSPS) is 25.0. The first-order valence-electron chi connectivity index (χ1n) is 7.40. The van der Waals surface area contributed by atoms with Crippen molar-refractivity contribution in [2.24, 2.45) is 0 Å². The quantitative estimate of drug-likeness (QED) is 0.809. The van der Waals surface area contributed by atoms with Crippen LogP contribution in [0.4, 0.5) is 5.69 Å². The molecular formula is C16H18N3OP. The van der Waals surface area contributed by atoms with Crippen molar-refractivity contribution in [2.45, 2.75) is 18.9 Å². The molecule has 4 nitrogen and oxygen atoms in total. The van der Waals surface area contributed by atoms with Crippen molar-refractivity contribution in [2.75, 3.05) is 17.8 Å². The lowest BCUT2D eigenvalue weighted by Gasteiger charge is -2.28. The summed E-state index contributed by atoms with van der Waals surface area (Å²) < 4.78 is 11.2. The van der Waals surface area contributed by atoms with Crippen LogP contribution in [-0.4, -0.2) is 28.8 Å². The fourth-order valence-corrected chi connectivity index (χ4v) is 5.23. The van der Waals surface area contributed by atoms with Crippen LogP contribution in [0.1, 0.15) is 12.8 Å². The topological polar surface area (TPSA) is 28.6 Å². The molecule has 2 atom stereocenters. The number of rotatable bonds is 3. The Balaban J connectivity index is 1.63. The standard InChI is InChI=1S/C16H18N3OP/c1-2-7-14(8-3-1)19-13-15-9-6-12-18(15)21(19)20-16-10-4-5-11-17-16/h1-5,7-8,10-11,15H,6,9,12-13H2/t15-,21?/m0/s1. The molecule has 0 radical (unpaired) electrons. The minimum absolute atomic E-state index is 0.625. The Kier molecular flexibility index (Phi) is 3.50. The van der Waals surface area contributed by atoms with Gasteiger partial charge in [0.25, 0.3) is 8.45 Å². The lowest BCUT2D eigenvalue weighted by atomic mass is 10.2. The minimum atomic E-state index is -0.797. The van der Waals surface area contributed by atoms with Crippen LogP contribution in [0, 0.1) is 0 Å². The van der Waals surface area contributed by atoms with Crippen molar-refractivity contribution < 1.29 is 4.52 Å². The summed E-state index contributed by atoms with van der Waals surface area (Å²) in [5.74, 6) is 0.720. The van der Waals surface area contributed by atoms with E-state index in [0.29, 0.717) is 6.04 Å². The van der Waals surface area contributed by atoms with Crippen LogP contribution in [0.25, 0.3) is 0 Å². The lowest BCUT2D eigenvalue weighted by Crippen LogP contribution is -2.20. The van der Waals surface area contributed by atoms with E-state index in [1.807, 2.05) is 18.2 Å². The molecule has 1 aromatic carbocycles. The van der Waals surface area contributed by atoms with Gasteiger partial charge in [0, 0.05) is 37.1 Å². The van der Waals surface area contributed by atoms with Gasteiger partial charge in [0.2, 0.25) is 5.88 Å². The summed E-state index contributed by atoms with van der Waals surface area (Å²) >= 11 is 0. The molecule has 1 aromatic heterocycles. The Labute approximate surface area is 126 Å². The molecule has 0 amide bonds. The molecule has 3 heterocycles. The number of pyridine rings is 1. The fraction of sp³-hybridized carbons (Fsp3) is 0.312. The van der Waals surface area contributed by atoms with Crippen LogP contribution in [0.3, 0.4) is 0 Å². The highest BCUT2D eigenvalue weighted by atomic mass is 31.2. The molecule has 2 fully saturated rings. The third-order valence-corrected chi connectivity index (χ3v) is 6.15. The number of fused-ring (bicyclic) bond motifs is 1. The van der Waals surface area contributed by atoms with Gasteiger partial charge in [-0.05, 0) is 31.0 Å². The highest BCUT2D eigenvalue weighted by Gasteiger charge is 2.45. The molecule has 2 aliphatic rings. The van der Waals surface area contributed by atoms with Crippen LogP contribution in [0.2, 0.25) is 0 Å². The number of nitrogens with zero attached hydrogens (tertiary/aromatic N) is 3. The molecule has 0 aliphatic carbocycles. The fourth-order valence-electron chi connectivity index (χ4n) is 3.03. The SMILES string of the molecule is c1ccc(N2C[C@@H]3CCCN3P2Oc2ccccn2)cc1. The Hall–Kier alpha value is -1.64. The van der Waals surface area contributed by atoms with E-state index in [0.717, 1.165) is 19.0 Å². The number of hydrogen-bond donors (Lipinski definition) is 0. The van der Waals surface area contributed by atoms with Gasteiger partial charge >= 0.3 is 0 Å². The highest BCUT2D eigenvalue weighted by Crippen LogP contribution is 2.56. The predicted molar refractivity (Wildman–Crippen MR) is 85.3 cm³/mol. The van der Waals surface area contributed by atoms with Gasteiger partial charge in [-0.15, -0.1) is 0 Å². The van der Waals surface area contributed by atoms with E-state index in [1.54, 1.807) is 6.20 Å². The molecule has 4 rings (SSSR count). The van der Waals surface area contributed by atoms with Gasteiger partial charge in [0.15, 0.2) is 0 Å². The average molecular weight is 299 g/mol. The Morgan fingerprint density at radius 2 is 1.95 bits per heavy atom. The van der Waals surface area contributed by atoms with Crippen molar-refractivity contribution in [1.29, 1.82) is 0 Å². The third-order valence-electron chi connectivity index (χ3n) is 4.02. The van der Waals surface area contributed by atoms with Gasteiger partial charge in [-0.3, -0.25) is 0 Å². The zero-order valence-corrected chi connectivity index (χ0v) is 12.7. The van der Waals surface area contributed by atoms with E-state index >= 15 is 0 Å². The monoisotopic (exact) mass is 299 g/mol. The summed E-state index contributed by atoms with van der Waals surface area (Å²) in [5, 5.41) is 0. The molecular weight excluding hydrogens is 281 g/mol. The maximum absolute atomic E-state index is 6.26. The second-order valence-corrected chi connectivity index (χ2v) is 7.07. The van der Waals surface area contributed by atoms with Crippen molar-refractivity contribution in [3.63, 3.8) is 0 Å². The molecule has 5 heteroatoms. The molecule has 2 aromatic rings. The first-order chi connectivity index (χ1) is 10.4. The van der Waals surface area contributed by atoms with Crippen LogP contribution in [0.15, 0.2) is 54.7 Å². The van der Waals surface area contributed by atoms with E-state index < -0.39 is 8.45 Å². The molecule has 0 spiro atoms. The summed E-state index contributed by atoms with van der Waals surface area (Å²) in [4.78, 5) is 4.33. The second-order valence-electron chi connectivity index (χ2n) is 5.39. The number of benzene rings is 1. The van der Waals surface area contributed by atoms with Crippen molar-refractivity contribution in [1.82, 2.24) is 9.65 Å². The van der Waals surface area contributed by atoms with Gasteiger partial charge in [-0.1, -0.05) is 24.3 Å². The van der Waals surface area contributed by atoms with Gasteiger partial charge in [0.1, 0.15) is 0 Å². The number of hydrogen-bond acceptors (Lipinski definition) is 4. The van der Waals surface area contributed by atoms with E-state index in [1.165, 1.54) is 18.5 Å². The molecule has 2 saturated heterocycles. The van der Waals surface area contributed by atoms with Crippen LogP contribution >= 0.6 is 8.45 Å². The zero-order chi connectivity index (χ0) is 14.1. The van der Waals surface area contributed by atoms with Gasteiger partial charge in [-0.25, -0.2) is 9.65 Å². The largest absolute Gasteiger partial charge is 0.422 e. The van der Waals surface area contributed by atoms with E-state index in [2.05, 4.69) is 44.7 Å². The minimum Gasteiger partial charge on any atom is -0.422 e. The van der Waals surface area contributed by atoms with Crippen LogP contribution < -0.4 is 9.19 Å². The van der Waals surface area contributed by atoms with Crippen molar-refractivity contribution in [3.8, 4) is 5.88 Å². The third kappa shape index (κ3) is 2.50. The molecule has 1 unspecified atom stereocenters. The molecule has 2 aliphatic heterocycles. The first kappa shape index (κ1) is 13.1. The van der Waals surface area contributed by atoms with Gasteiger partial charge in [-0.2, -0.15) is 0 Å². The summed E-state index contributed by atoms with van der Waals surface area (Å²) in [6.07, 6.45) is 4.33. The van der Waals surface area contributed by atoms with Crippen molar-refractivity contribution in [3.05, 3.63) is 54.7 Å². The lowest BCUT2D eigenvalue weighted by molar-refractivity contribution is 0.428. The summed E-state index contributed by atoms with van der Waals surface area (Å²) in [7, 11) is -0.797. The Morgan fingerprint density at radius 1 is 1.10 bits per heavy atom. The summed E-state index contributed by atoms with van der Waals surface area (Å²) in [6.45, 7) is 2.19. The van der Waals surface area contributed by atoms with E-state index in [-0.39, 0.29) is 0 Å². The van der Waals surface area contributed by atoms with Crippen LogP contribution in [0.5, 0.6) is 5.88 Å². The predicted octanol–water partition coefficient (Wildman–Crippen LogP) is 3.67. The van der Waals surface area contributed by atoms with E-state index in [4.69, 9.17) is 4.52 Å². The number of para-hydroxylation sites is 1. The number of anilines is 1. The van der Waals surface area contributed by atoms with Crippen LogP contribution in [-0.2, 0) is 0 Å². The zero-order valence-electron chi connectivity index (χ0n) is 11.8. The molecule has 0 saturated carbocycles. The van der Waals surface area contributed by atoms with E-state index in [9.17, 15) is 0 Å². The van der Waals surface area contributed by atoms with Gasteiger partial charge in [0.05, 0.1) is 0 Å². The molecule has 0 N–H and O–H groups in total. The average Bonchev–Trinajstić information content (AvgIpc) is 3.12. The first-order valence-corrected chi connectivity index (χ1v) is 8.56. The number of aromatic nitrogens is 1. The second kappa shape index (κ2) is 5.63. The summed E-state index contributed by atoms with van der Waals surface area (Å²) in [5.41, 5.74) is 1.24. The Bertz CT molecular complexity index is 595. The molecule has 108 valence electrons. The smallest absolute Gasteiger partial charge is 0.280 e.